The van der Waals surface area contributed by atoms with Crippen molar-refractivity contribution >= 4 is 0 Å². The highest BCUT2D eigenvalue weighted by Crippen LogP contribution is 2.22. The molecule has 0 saturated carbocycles. The molecule has 2 rings (SSSR count). The van der Waals surface area contributed by atoms with Crippen molar-refractivity contribution in [1.82, 2.24) is 10.3 Å². The Hall–Kier alpha value is -1.68. The van der Waals surface area contributed by atoms with E-state index in [1.54, 1.807) is 19.2 Å². The van der Waals surface area contributed by atoms with Crippen molar-refractivity contribution in [2.24, 2.45) is 5.92 Å². The van der Waals surface area contributed by atoms with Crippen LogP contribution in [0, 0.1) is 18.7 Å². The Kier molecular flexibility index (Phi) is 5.51. The molecule has 1 aromatic heterocycles. The van der Waals surface area contributed by atoms with E-state index < -0.39 is 0 Å². The molecule has 0 atom stereocenters. The predicted molar refractivity (Wildman–Crippen MR) is 82.7 cm³/mol. The Morgan fingerprint density at radius 3 is 2.86 bits per heavy atom. The van der Waals surface area contributed by atoms with Crippen LogP contribution in [0.15, 0.2) is 28.8 Å². The van der Waals surface area contributed by atoms with Crippen LogP contribution in [0.3, 0.4) is 0 Å². The average molecular weight is 290 g/mol. The highest BCUT2D eigenvalue weighted by atomic mass is 19.1. The molecule has 0 amide bonds. The van der Waals surface area contributed by atoms with E-state index >= 15 is 0 Å². The minimum atomic E-state index is -0.219. The van der Waals surface area contributed by atoms with Crippen LogP contribution < -0.4 is 5.32 Å². The topological polar surface area (TPSA) is 38.1 Å². The molecular weight excluding hydrogens is 267 g/mol. The molecule has 1 aromatic carbocycles. The zero-order chi connectivity index (χ0) is 15.2. The smallest absolute Gasteiger partial charge is 0.194 e. The van der Waals surface area contributed by atoms with Crippen LogP contribution in [0.5, 0.6) is 0 Å². The van der Waals surface area contributed by atoms with E-state index in [0.29, 0.717) is 23.1 Å². The number of aryl methyl sites for hydroxylation is 2. The number of aromatic nitrogens is 1. The first-order valence-electron chi connectivity index (χ1n) is 7.48. The monoisotopic (exact) mass is 290 g/mol. The van der Waals surface area contributed by atoms with E-state index in [9.17, 15) is 4.39 Å². The molecule has 1 heterocycles. The number of nitrogens with one attached hydrogen (secondary N) is 1. The van der Waals surface area contributed by atoms with E-state index in [1.807, 2.05) is 6.07 Å². The molecule has 0 saturated heterocycles. The SMILES string of the molecule is Cc1ccc(-c2cnc(CCCNCC(C)C)o2)cc1F. The Labute approximate surface area is 125 Å². The van der Waals surface area contributed by atoms with Gasteiger partial charge in [0.1, 0.15) is 5.82 Å². The molecule has 0 radical (unpaired) electrons. The van der Waals surface area contributed by atoms with E-state index in [2.05, 4.69) is 24.1 Å². The van der Waals surface area contributed by atoms with Crippen molar-refractivity contribution in [1.29, 1.82) is 0 Å². The van der Waals surface area contributed by atoms with Gasteiger partial charge in [-0.05, 0) is 44.0 Å². The molecule has 0 spiro atoms. The maximum absolute atomic E-state index is 13.6. The predicted octanol–water partition coefficient (Wildman–Crippen LogP) is 3.97. The first kappa shape index (κ1) is 15.7. The molecule has 1 N–H and O–H groups in total. The Morgan fingerprint density at radius 2 is 2.14 bits per heavy atom. The summed E-state index contributed by atoms with van der Waals surface area (Å²) in [5.41, 5.74) is 1.37. The average Bonchev–Trinajstić information content (AvgIpc) is 2.90. The second-order valence-electron chi connectivity index (χ2n) is 5.78. The molecule has 3 nitrogen and oxygen atoms in total. The molecule has 0 aliphatic carbocycles. The van der Waals surface area contributed by atoms with Gasteiger partial charge in [0.2, 0.25) is 0 Å². The summed E-state index contributed by atoms with van der Waals surface area (Å²) in [5.74, 6) is 1.77. The molecule has 0 bridgehead atoms. The number of rotatable bonds is 7. The van der Waals surface area contributed by atoms with Gasteiger partial charge in [0.25, 0.3) is 0 Å². The quantitative estimate of drug-likeness (QED) is 0.784. The molecule has 0 aliphatic rings. The maximum atomic E-state index is 13.6. The fourth-order valence-corrected chi connectivity index (χ4v) is 2.06. The number of nitrogens with zero attached hydrogens (tertiary/aromatic N) is 1. The van der Waals surface area contributed by atoms with Gasteiger partial charge in [0.05, 0.1) is 6.20 Å². The molecule has 0 aliphatic heterocycles. The minimum absolute atomic E-state index is 0.219. The van der Waals surface area contributed by atoms with E-state index in [1.165, 1.54) is 6.07 Å². The first-order chi connectivity index (χ1) is 10.1. The fraction of sp³-hybridized carbons (Fsp3) is 0.471. The van der Waals surface area contributed by atoms with Gasteiger partial charge in [-0.1, -0.05) is 26.0 Å². The summed E-state index contributed by atoms with van der Waals surface area (Å²) in [6.45, 7) is 8.10. The molecule has 114 valence electrons. The molecule has 0 fully saturated rings. The summed E-state index contributed by atoms with van der Waals surface area (Å²) in [7, 11) is 0. The number of halogens is 1. The Bertz CT molecular complexity index is 578. The van der Waals surface area contributed by atoms with Crippen LogP contribution in [0.2, 0.25) is 0 Å². The molecular formula is C17H23FN2O. The van der Waals surface area contributed by atoms with Crippen molar-refractivity contribution in [2.45, 2.75) is 33.6 Å². The summed E-state index contributed by atoms with van der Waals surface area (Å²) in [5, 5.41) is 3.39. The number of hydrogen-bond donors (Lipinski definition) is 1. The second-order valence-corrected chi connectivity index (χ2v) is 5.78. The summed E-state index contributed by atoms with van der Waals surface area (Å²) in [6, 6.07) is 5.10. The van der Waals surface area contributed by atoms with Crippen molar-refractivity contribution in [3.63, 3.8) is 0 Å². The second kappa shape index (κ2) is 7.36. The van der Waals surface area contributed by atoms with Gasteiger partial charge in [-0.25, -0.2) is 9.37 Å². The fourth-order valence-electron chi connectivity index (χ4n) is 2.06. The summed E-state index contributed by atoms with van der Waals surface area (Å²) >= 11 is 0. The number of oxazole rings is 1. The van der Waals surface area contributed by atoms with Gasteiger partial charge in [0, 0.05) is 12.0 Å². The third-order valence-corrected chi connectivity index (χ3v) is 3.31. The zero-order valence-electron chi connectivity index (χ0n) is 12.9. The normalized spacial score (nSPS) is 11.3. The Morgan fingerprint density at radius 1 is 1.33 bits per heavy atom. The van der Waals surface area contributed by atoms with Crippen LogP contribution in [0.4, 0.5) is 4.39 Å². The van der Waals surface area contributed by atoms with Crippen LogP contribution in [-0.4, -0.2) is 18.1 Å². The zero-order valence-corrected chi connectivity index (χ0v) is 12.9. The maximum Gasteiger partial charge on any atom is 0.194 e. The Balaban J connectivity index is 1.87. The molecule has 0 unspecified atom stereocenters. The van der Waals surface area contributed by atoms with Crippen molar-refractivity contribution < 1.29 is 8.81 Å². The number of benzene rings is 1. The van der Waals surface area contributed by atoms with E-state index in [0.717, 1.165) is 31.5 Å². The number of hydrogen-bond acceptors (Lipinski definition) is 3. The van der Waals surface area contributed by atoms with Crippen LogP contribution in [0.25, 0.3) is 11.3 Å². The van der Waals surface area contributed by atoms with Crippen LogP contribution in [0.1, 0.15) is 31.7 Å². The third-order valence-electron chi connectivity index (χ3n) is 3.31. The molecule has 21 heavy (non-hydrogen) atoms. The van der Waals surface area contributed by atoms with Gasteiger partial charge >= 0.3 is 0 Å². The summed E-state index contributed by atoms with van der Waals surface area (Å²) in [4.78, 5) is 4.26. The lowest BCUT2D eigenvalue weighted by Crippen LogP contribution is -2.21. The minimum Gasteiger partial charge on any atom is -0.441 e. The third kappa shape index (κ3) is 4.67. The molecule has 4 heteroatoms. The van der Waals surface area contributed by atoms with Gasteiger partial charge in [-0.15, -0.1) is 0 Å². The van der Waals surface area contributed by atoms with Crippen LogP contribution in [-0.2, 0) is 6.42 Å². The molecule has 2 aromatic rings. The van der Waals surface area contributed by atoms with Gasteiger partial charge < -0.3 is 9.73 Å². The van der Waals surface area contributed by atoms with Crippen molar-refractivity contribution in [2.75, 3.05) is 13.1 Å². The van der Waals surface area contributed by atoms with Crippen molar-refractivity contribution in [3.05, 3.63) is 41.7 Å². The van der Waals surface area contributed by atoms with Gasteiger partial charge in [0.15, 0.2) is 11.7 Å². The van der Waals surface area contributed by atoms with E-state index in [-0.39, 0.29) is 5.82 Å². The van der Waals surface area contributed by atoms with E-state index in [4.69, 9.17) is 4.42 Å². The highest BCUT2D eigenvalue weighted by molar-refractivity contribution is 5.56. The van der Waals surface area contributed by atoms with Gasteiger partial charge in [-0.2, -0.15) is 0 Å². The first-order valence-corrected chi connectivity index (χ1v) is 7.48. The lowest BCUT2D eigenvalue weighted by atomic mass is 10.1. The van der Waals surface area contributed by atoms with Crippen molar-refractivity contribution in [3.8, 4) is 11.3 Å². The summed E-state index contributed by atoms with van der Waals surface area (Å²) < 4.78 is 19.2. The lowest BCUT2D eigenvalue weighted by Gasteiger charge is -2.05. The summed E-state index contributed by atoms with van der Waals surface area (Å²) in [6.07, 6.45) is 3.44. The largest absolute Gasteiger partial charge is 0.441 e. The lowest BCUT2D eigenvalue weighted by molar-refractivity contribution is 0.483. The highest BCUT2D eigenvalue weighted by Gasteiger charge is 2.08. The standard InChI is InChI=1S/C17H23FN2O/c1-12(2)10-19-8-4-5-17-20-11-16(21-17)14-7-6-13(3)15(18)9-14/h6-7,9,11-12,19H,4-5,8,10H2,1-3H3. The van der Waals surface area contributed by atoms with Crippen LogP contribution >= 0.6 is 0 Å². The van der Waals surface area contributed by atoms with Gasteiger partial charge in [-0.3, -0.25) is 0 Å².